The largest absolute Gasteiger partial charge is 0.488 e. The molecular weight excluding hydrogens is 272 g/mol. The highest BCUT2D eigenvalue weighted by atomic mass is 79.9. The highest BCUT2D eigenvalue weighted by molar-refractivity contribution is 8.93. The van der Waals surface area contributed by atoms with Crippen LogP contribution < -0.4 is 4.74 Å². The Balaban J connectivity index is 0.00000225. The summed E-state index contributed by atoms with van der Waals surface area (Å²) in [7, 11) is 0. The molecule has 0 heterocycles. The Morgan fingerprint density at radius 1 is 1.00 bits per heavy atom. The SMILES string of the molecule is Br.CCOC(COc1ccccc1)OCC. The molecule has 92 valence electrons. The Kier molecular flexibility index (Phi) is 9.28. The highest BCUT2D eigenvalue weighted by Gasteiger charge is 2.08. The first-order chi connectivity index (χ1) is 7.36. The van der Waals surface area contributed by atoms with Crippen LogP contribution in [0.5, 0.6) is 5.75 Å². The molecular formula is C12H19BrO3. The molecule has 0 fully saturated rings. The fourth-order valence-corrected chi connectivity index (χ4v) is 1.20. The summed E-state index contributed by atoms with van der Waals surface area (Å²) in [6.07, 6.45) is -0.278. The number of ether oxygens (including phenoxy) is 3. The molecule has 0 atom stereocenters. The lowest BCUT2D eigenvalue weighted by molar-refractivity contribution is -0.152. The first-order valence-electron chi connectivity index (χ1n) is 5.27. The first-order valence-corrected chi connectivity index (χ1v) is 5.27. The van der Waals surface area contributed by atoms with Crippen molar-refractivity contribution in [3.05, 3.63) is 30.3 Å². The van der Waals surface area contributed by atoms with Crippen LogP contribution in [0.1, 0.15) is 13.8 Å². The second-order valence-electron chi connectivity index (χ2n) is 2.96. The number of benzene rings is 1. The zero-order valence-corrected chi connectivity index (χ0v) is 11.4. The predicted octanol–water partition coefficient (Wildman–Crippen LogP) is 3.04. The van der Waals surface area contributed by atoms with Crippen molar-refractivity contribution in [1.29, 1.82) is 0 Å². The Morgan fingerprint density at radius 3 is 2.06 bits per heavy atom. The minimum atomic E-state index is -0.278. The lowest BCUT2D eigenvalue weighted by Crippen LogP contribution is -2.25. The van der Waals surface area contributed by atoms with E-state index in [1.54, 1.807) is 0 Å². The topological polar surface area (TPSA) is 27.7 Å². The van der Waals surface area contributed by atoms with E-state index in [-0.39, 0.29) is 23.3 Å². The summed E-state index contributed by atoms with van der Waals surface area (Å²) in [6, 6.07) is 9.65. The van der Waals surface area contributed by atoms with Gasteiger partial charge in [0.1, 0.15) is 12.4 Å². The number of halogens is 1. The fourth-order valence-electron chi connectivity index (χ4n) is 1.20. The van der Waals surface area contributed by atoms with E-state index in [0.29, 0.717) is 19.8 Å². The minimum Gasteiger partial charge on any atom is -0.488 e. The molecule has 0 aromatic heterocycles. The zero-order chi connectivity index (χ0) is 10.9. The van der Waals surface area contributed by atoms with Gasteiger partial charge in [0.2, 0.25) is 0 Å². The van der Waals surface area contributed by atoms with E-state index in [1.807, 2.05) is 44.2 Å². The fraction of sp³-hybridized carbons (Fsp3) is 0.500. The van der Waals surface area contributed by atoms with Crippen LogP contribution in [0.25, 0.3) is 0 Å². The standard InChI is InChI=1S/C12H18O3.BrH/c1-3-13-12(14-4-2)10-15-11-8-6-5-7-9-11;/h5-9,12H,3-4,10H2,1-2H3;1H. The monoisotopic (exact) mass is 290 g/mol. The maximum absolute atomic E-state index is 5.52. The van der Waals surface area contributed by atoms with Gasteiger partial charge in [-0.2, -0.15) is 0 Å². The van der Waals surface area contributed by atoms with E-state index in [4.69, 9.17) is 14.2 Å². The van der Waals surface area contributed by atoms with Crippen molar-refractivity contribution in [3.8, 4) is 5.75 Å². The molecule has 1 aromatic rings. The summed E-state index contributed by atoms with van der Waals surface area (Å²) < 4.78 is 16.2. The molecule has 0 spiro atoms. The third-order valence-corrected chi connectivity index (χ3v) is 1.83. The van der Waals surface area contributed by atoms with Crippen LogP contribution in [0.3, 0.4) is 0 Å². The van der Waals surface area contributed by atoms with E-state index in [9.17, 15) is 0 Å². The lowest BCUT2D eigenvalue weighted by atomic mass is 10.3. The predicted molar refractivity (Wildman–Crippen MR) is 69.3 cm³/mol. The number of para-hydroxylation sites is 1. The van der Waals surface area contributed by atoms with Crippen LogP contribution >= 0.6 is 17.0 Å². The van der Waals surface area contributed by atoms with E-state index >= 15 is 0 Å². The van der Waals surface area contributed by atoms with Crippen molar-refractivity contribution in [2.24, 2.45) is 0 Å². The second-order valence-corrected chi connectivity index (χ2v) is 2.96. The summed E-state index contributed by atoms with van der Waals surface area (Å²) in [4.78, 5) is 0. The van der Waals surface area contributed by atoms with Crippen LogP contribution in [-0.4, -0.2) is 26.1 Å². The van der Waals surface area contributed by atoms with Crippen molar-refractivity contribution >= 4 is 17.0 Å². The van der Waals surface area contributed by atoms with Crippen molar-refractivity contribution in [3.63, 3.8) is 0 Å². The molecule has 0 aliphatic carbocycles. The van der Waals surface area contributed by atoms with Gasteiger partial charge >= 0.3 is 0 Å². The van der Waals surface area contributed by atoms with Crippen LogP contribution in [0, 0.1) is 0 Å². The molecule has 0 bridgehead atoms. The first kappa shape index (κ1) is 15.4. The van der Waals surface area contributed by atoms with Gasteiger partial charge < -0.3 is 14.2 Å². The third-order valence-electron chi connectivity index (χ3n) is 1.83. The molecule has 4 heteroatoms. The summed E-state index contributed by atoms with van der Waals surface area (Å²) in [5, 5.41) is 0. The molecule has 1 rings (SSSR count). The Bertz CT molecular complexity index is 248. The molecule has 0 unspecified atom stereocenters. The molecule has 0 radical (unpaired) electrons. The van der Waals surface area contributed by atoms with Gasteiger partial charge in [-0.15, -0.1) is 17.0 Å². The normalized spacial score (nSPS) is 9.94. The molecule has 0 aliphatic rings. The average molecular weight is 291 g/mol. The molecule has 0 aliphatic heterocycles. The summed E-state index contributed by atoms with van der Waals surface area (Å²) in [5.41, 5.74) is 0. The van der Waals surface area contributed by atoms with E-state index in [0.717, 1.165) is 5.75 Å². The van der Waals surface area contributed by atoms with Gasteiger partial charge in [-0.25, -0.2) is 0 Å². The summed E-state index contributed by atoms with van der Waals surface area (Å²) in [6.45, 7) is 5.56. The zero-order valence-electron chi connectivity index (χ0n) is 9.72. The molecule has 0 saturated heterocycles. The van der Waals surface area contributed by atoms with E-state index in [1.165, 1.54) is 0 Å². The molecule has 3 nitrogen and oxygen atoms in total. The van der Waals surface area contributed by atoms with Crippen molar-refractivity contribution in [1.82, 2.24) is 0 Å². The lowest BCUT2D eigenvalue weighted by Gasteiger charge is -2.17. The summed E-state index contributed by atoms with van der Waals surface area (Å²) >= 11 is 0. The maximum atomic E-state index is 5.52. The van der Waals surface area contributed by atoms with E-state index < -0.39 is 0 Å². The van der Waals surface area contributed by atoms with Gasteiger partial charge in [0.05, 0.1) is 0 Å². The molecule has 1 aromatic carbocycles. The smallest absolute Gasteiger partial charge is 0.191 e. The van der Waals surface area contributed by atoms with Crippen molar-refractivity contribution in [2.75, 3.05) is 19.8 Å². The average Bonchev–Trinajstić information content (AvgIpc) is 2.28. The van der Waals surface area contributed by atoms with Gasteiger partial charge in [-0.3, -0.25) is 0 Å². The Hall–Kier alpha value is -0.580. The van der Waals surface area contributed by atoms with Gasteiger partial charge in [-0.1, -0.05) is 18.2 Å². The van der Waals surface area contributed by atoms with Gasteiger partial charge in [0.25, 0.3) is 0 Å². The Morgan fingerprint density at radius 2 is 1.56 bits per heavy atom. The Labute approximate surface area is 107 Å². The molecule has 0 N–H and O–H groups in total. The van der Waals surface area contributed by atoms with Crippen LogP contribution in [0.2, 0.25) is 0 Å². The molecule has 16 heavy (non-hydrogen) atoms. The molecule has 0 amide bonds. The highest BCUT2D eigenvalue weighted by Crippen LogP contribution is 2.09. The van der Waals surface area contributed by atoms with Gasteiger partial charge in [0, 0.05) is 13.2 Å². The van der Waals surface area contributed by atoms with Gasteiger partial charge in [-0.05, 0) is 26.0 Å². The van der Waals surface area contributed by atoms with Crippen molar-refractivity contribution < 1.29 is 14.2 Å². The number of rotatable bonds is 7. The van der Waals surface area contributed by atoms with Crippen LogP contribution in [-0.2, 0) is 9.47 Å². The summed E-state index contributed by atoms with van der Waals surface area (Å²) in [5.74, 6) is 0.835. The number of hydrogen-bond donors (Lipinski definition) is 0. The second kappa shape index (κ2) is 9.63. The minimum absolute atomic E-state index is 0. The van der Waals surface area contributed by atoms with E-state index in [2.05, 4.69) is 0 Å². The molecule has 0 saturated carbocycles. The van der Waals surface area contributed by atoms with Gasteiger partial charge in [0.15, 0.2) is 6.29 Å². The third kappa shape index (κ3) is 6.10. The number of hydrogen-bond acceptors (Lipinski definition) is 3. The van der Waals surface area contributed by atoms with Crippen LogP contribution in [0.15, 0.2) is 30.3 Å². The quantitative estimate of drug-likeness (QED) is 0.723. The van der Waals surface area contributed by atoms with Crippen LogP contribution in [0.4, 0.5) is 0 Å². The van der Waals surface area contributed by atoms with Crippen molar-refractivity contribution in [2.45, 2.75) is 20.1 Å². The maximum Gasteiger partial charge on any atom is 0.191 e.